The van der Waals surface area contributed by atoms with Gasteiger partial charge in [0.05, 0.1) is 6.16 Å². The van der Waals surface area contributed by atoms with Crippen LogP contribution in [0.15, 0.2) is 30.3 Å². The van der Waals surface area contributed by atoms with E-state index in [4.69, 9.17) is 14.7 Å². The summed E-state index contributed by atoms with van der Waals surface area (Å²) >= 11 is 0. The third-order valence-electron chi connectivity index (χ3n) is 1.46. The minimum Gasteiger partial charge on any atom is -0.324 e. The molecule has 1 aromatic carbocycles. The molecule has 1 unspecified atom stereocenters. The van der Waals surface area contributed by atoms with Gasteiger partial charge in [-0.15, -0.1) is 0 Å². The monoisotopic (exact) mass is 252 g/mol. The molecule has 1 rings (SSSR count). The summed E-state index contributed by atoms with van der Waals surface area (Å²) in [5.41, 5.74) is 0.469. The van der Waals surface area contributed by atoms with Crippen LogP contribution < -0.4 is 0 Å². The van der Waals surface area contributed by atoms with Crippen LogP contribution in [0.4, 0.5) is 0 Å². The van der Waals surface area contributed by atoms with Crippen LogP contribution in [0.2, 0.25) is 0 Å². The highest BCUT2D eigenvalue weighted by atomic mass is 31.3. The van der Waals surface area contributed by atoms with Crippen LogP contribution >= 0.6 is 15.4 Å². The maximum atomic E-state index is 11.2. The highest BCUT2D eigenvalue weighted by Gasteiger charge is 2.30. The Balaban J connectivity index is 2.74. The van der Waals surface area contributed by atoms with Crippen LogP contribution in [0.3, 0.4) is 0 Å². The SMILES string of the molecule is O=P(O)(O)OP(=O)(O)Cc1ccccc1. The van der Waals surface area contributed by atoms with Gasteiger partial charge in [0, 0.05) is 0 Å². The summed E-state index contributed by atoms with van der Waals surface area (Å²) in [6.45, 7) is 0. The average molecular weight is 252 g/mol. The minimum atomic E-state index is -4.94. The molecule has 0 bridgehead atoms. The van der Waals surface area contributed by atoms with Gasteiger partial charge < -0.3 is 14.7 Å². The molecule has 84 valence electrons. The zero-order valence-corrected chi connectivity index (χ0v) is 9.34. The summed E-state index contributed by atoms with van der Waals surface area (Å²) in [7, 11) is -9.24. The Morgan fingerprint density at radius 1 is 1.07 bits per heavy atom. The first kappa shape index (κ1) is 12.6. The normalized spacial score (nSPS) is 15.9. The van der Waals surface area contributed by atoms with Gasteiger partial charge in [-0.1, -0.05) is 30.3 Å². The predicted octanol–water partition coefficient (Wildman–Crippen LogP) is 1.48. The van der Waals surface area contributed by atoms with Crippen molar-refractivity contribution < 1.29 is 28.1 Å². The molecule has 0 aliphatic rings. The van der Waals surface area contributed by atoms with Gasteiger partial charge in [-0.2, -0.15) is 0 Å². The summed E-state index contributed by atoms with van der Waals surface area (Å²) in [5, 5.41) is 0. The Morgan fingerprint density at radius 2 is 1.60 bits per heavy atom. The fourth-order valence-corrected chi connectivity index (χ4v) is 3.24. The van der Waals surface area contributed by atoms with E-state index < -0.39 is 21.6 Å². The maximum Gasteiger partial charge on any atom is 0.476 e. The van der Waals surface area contributed by atoms with Crippen LogP contribution in [0.5, 0.6) is 0 Å². The van der Waals surface area contributed by atoms with Crippen molar-refractivity contribution >= 4 is 15.4 Å². The van der Waals surface area contributed by atoms with Gasteiger partial charge in [-0.3, -0.25) is 4.57 Å². The first-order valence-corrected chi connectivity index (χ1v) is 7.20. The zero-order chi connectivity index (χ0) is 11.5. The molecule has 0 heterocycles. The molecule has 0 fully saturated rings. The summed E-state index contributed by atoms with van der Waals surface area (Å²) in [5.74, 6) is 0. The maximum absolute atomic E-state index is 11.2. The van der Waals surface area contributed by atoms with E-state index in [1.165, 1.54) is 0 Å². The van der Waals surface area contributed by atoms with E-state index in [0.29, 0.717) is 5.56 Å². The van der Waals surface area contributed by atoms with Gasteiger partial charge in [0.25, 0.3) is 0 Å². The van der Waals surface area contributed by atoms with Crippen molar-refractivity contribution in [2.75, 3.05) is 0 Å². The van der Waals surface area contributed by atoms with Gasteiger partial charge in [0.1, 0.15) is 0 Å². The molecule has 1 atom stereocenters. The van der Waals surface area contributed by atoms with E-state index in [1.54, 1.807) is 30.3 Å². The van der Waals surface area contributed by atoms with Crippen LogP contribution in [0.1, 0.15) is 5.56 Å². The third kappa shape index (κ3) is 5.23. The van der Waals surface area contributed by atoms with Crippen molar-refractivity contribution in [2.45, 2.75) is 6.16 Å². The summed E-state index contributed by atoms with van der Waals surface area (Å²) in [4.78, 5) is 25.9. The predicted molar refractivity (Wildman–Crippen MR) is 53.1 cm³/mol. The second-order valence-electron chi connectivity index (χ2n) is 2.85. The highest BCUT2D eigenvalue weighted by Crippen LogP contribution is 2.58. The number of phosphoric acid groups is 1. The average Bonchev–Trinajstić information content (AvgIpc) is 1.99. The molecule has 0 saturated heterocycles. The molecule has 0 aromatic heterocycles. The van der Waals surface area contributed by atoms with E-state index in [-0.39, 0.29) is 0 Å². The molecule has 15 heavy (non-hydrogen) atoms. The number of hydrogen-bond acceptors (Lipinski definition) is 3. The third-order valence-corrected chi connectivity index (χ3v) is 4.10. The van der Waals surface area contributed by atoms with Crippen LogP contribution in [-0.4, -0.2) is 14.7 Å². The van der Waals surface area contributed by atoms with Crippen LogP contribution in [0.25, 0.3) is 0 Å². The molecule has 0 radical (unpaired) electrons. The number of rotatable bonds is 4. The lowest BCUT2D eigenvalue weighted by atomic mass is 10.2. The molecule has 1 aromatic rings. The largest absolute Gasteiger partial charge is 0.476 e. The van der Waals surface area contributed by atoms with Crippen LogP contribution in [0, 0.1) is 0 Å². The van der Waals surface area contributed by atoms with Crippen LogP contribution in [-0.2, 0) is 19.6 Å². The van der Waals surface area contributed by atoms with E-state index in [0.717, 1.165) is 0 Å². The first-order chi connectivity index (χ1) is 6.79. The topological polar surface area (TPSA) is 104 Å². The minimum absolute atomic E-state index is 0.432. The van der Waals surface area contributed by atoms with Gasteiger partial charge in [0.2, 0.25) is 0 Å². The van der Waals surface area contributed by atoms with Crippen molar-refractivity contribution in [2.24, 2.45) is 0 Å². The van der Waals surface area contributed by atoms with Crippen molar-refractivity contribution in [3.05, 3.63) is 35.9 Å². The van der Waals surface area contributed by atoms with Gasteiger partial charge in [-0.05, 0) is 5.56 Å². The van der Waals surface area contributed by atoms with Gasteiger partial charge >= 0.3 is 15.4 Å². The molecule has 0 amide bonds. The Hall–Kier alpha value is -0.480. The Labute approximate surface area is 86.3 Å². The molecule has 0 aliphatic heterocycles. The number of hydrogen-bond donors (Lipinski definition) is 3. The Bertz CT molecular complexity index is 411. The van der Waals surface area contributed by atoms with Crippen molar-refractivity contribution in [1.82, 2.24) is 0 Å². The summed E-state index contributed by atoms with van der Waals surface area (Å²) in [6, 6.07) is 8.13. The Kier molecular flexibility index (Phi) is 3.84. The number of benzene rings is 1. The van der Waals surface area contributed by atoms with Crippen molar-refractivity contribution in [3.8, 4) is 0 Å². The molecule has 0 saturated carbocycles. The fraction of sp³-hybridized carbons (Fsp3) is 0.143. The van der Waals surface area contributed by atoms with Crippen molar-refractivity contribution in [3.63, 3.8) is 0 Å². The quantitative estimate of drug-likeness (QED) is 0.701. The van der Waals surface area contributed by atoms with Crippen molar-refractivity contribution in [1.29, 1.82) is 0 Å². The smallest absolute Gasteiger partial charge is 0.324 e. The van der Waals surface area contributed by atoms with Gasteiger partial charge in [-0.25, -0.2) is 8.88 Å². The second kappa shape index (κ2) is 4.58. The lowest BCUT2D eigenvalue weighted by Gasteiger charge is -2.12. The Morgan fingerprint density at radius 3 is 2.07 bits per heavy atom. The molecular formula is C7H10O6P2. The first-order valence-electron chi connectivity index (χ1n) is 3.91. The highest BCUT2D eigenvalue weighted by molar-refractivity contribution is 7.63. The molecule has 0 aliphatic carbocycles. The lowest BCUT2D eigenvalue weighted by molar-refractivity contribution is 0.263. The standard InChI is InChI=1S/C7H10O6P2/c8-14(9,13-15(10,11)12)6-7-4-2-1-3-5-7/h1-5H,6H2,(H,8,9)(H2,10,11,12). The molecule has 8 heteroatoms. The van der Waals surface area contributed by atoms with Gasteiger partial charge in [0.15, 0.2) is 0 Å². The fourth-order valence-electron chi connectivity index (χ4n) is 1.01. The summed E-state index contributed by atoms with van der Waals surface area (Å²) < 4.78 is 25.4. The summed E-state index contributed by atoms with van der Waals surface area (Å²) in [6.07, 6.45) is -0.432. The van der Waals surface area contributed by atoms with E-state index >= 15 is 0 Å². The van der Waals surface area contributed by atoms with E-state index in [2.05, 4.69) is 4.31 Å². The second-order valence-corrected chi connectivity index (χ2v) is 6.08. The zero-order valence-electron chi connectivity index (χ0n) is 7.55. The molecule has 6 nitrogen and oxygen atoms in total. The molecule has 0 spiro atoms. The van der Waals surface area contributed by atoms with E-state index in [1.807, 2.05) is 0 Å². The molecular weight excluding hydrogens is 242 g/mol. The lowest BCUT2D eigenvalue weighted by Crippen LogP contribution is -1.92. The van der Waals surface area contributed by atoms with E-state index in [9.17, 15) is 9.13 Å². The molecule has 3 N–H and O–H groups in total.